The minimum atomic E-state index is -4.01. The Morgan fingerprint density at radius 3 is 2.48 bits per heavy atom. The Bertz CT molecular complexity index is 1000. The quantitative estimate of drug-likeness (QED) is 0.633. The summed E-state index contributed by atoms with van der Waals surface area (Å²) in [6, 6.07) is 11.0. The van der Waals surface area contributed by atoms with Gasteiger partial charge in [-0.1, -0.05) is 32.0 Å². The Balaban J connectivity index is 2.11. The molecule has 0 fully saturated rings. The molecule has 0 aromatic heterocycles. The fourth-order valence-corrected chi connectivity index (χ4v) is 3.22. The highest BCUT2D eigenvalue weighted by atomic mass is 32.2. The molecule has 0 unspecified atom stereocenters. The monoisotopic (exact) mass is 420 g/mol. The first-order chi connectivity index (χ1) is 13.7. The molecule has 0 heterocycles. The third-order valence-corrected chi connectivity index (χ3v) is 5.34. The van der Waals surface area contributed by atoms with Crippen molar-refractivity contribution < 1.29 is 27.5 Å². The number of esters is 1. The average Bonchev–Trinajstić information content (AvgIpc) is 2.70. The lowest BCUT2D eigenvalue weighted by Gasteiger charge is -2.15. The van der Waals surface area contributed by atoms with E-state index >= 15 is 0 Å². The number of carbonyl (C=O) groups excluding carboxylic acids is 2. The number of amides is 1. The molecule has 2 aromatic rings. The van der Waals surface area contributed by atoms with Gasteiger partial charge in [0.05, 0.1) is 12.0 Å². The first kappa shape index (κ1) is 22.4. The van der Waals surface area contributed by atoms with Crippen molar-refractivity contribution >= 4 is 27.6 Å². The molecular weight excluding hydrogens is 396 g/mol. The second-order valence-corrected chi connectivity index (χ2v) is 7.99. The summed E-state index contributed by atoms with van der Waals surface area (Å²) in [6.45, 7) is 3.56. The number of primary sulfonamides is 1. The van der Waals surface area contributed by atoms with E-state index < -0.39 is 28.5 Å². The van der Waals surface area contributed by atoms with E-state index in [2.05, 4.69) is 12.2 Å². The SMILES string of the molecule is CC[C@H](C)c1ccccc1NC(=O)COC(=O)c1cc(S(N)(=O)=O)ccc1OC. The van der Waals surface area contributed by atoms with E-state index in [1.165, 1.54) is 19.2 Å². The zero-order chi connectivity index (χ0) is 21.6. The van der Waals surface area contributed by atoms with Gasteiger partial charge in [-0.15, -0.1) is 0 Å². The highest BCUT2D eigenvalue weighted by Gasteiger charge is 2.20. The summed E-state index contributed by atoms with van der Waals surface area (Å²) in [6.07, 6.45) is 0.905. The Morgan fingerprint density at radius 1 is 1.17 bits per heavy atom. The highest BCUT2D eigenvalue weighted by molar-refractivity contribution is 7.89. The Labute approximate surface area is 170 Å². The predicted octanol–water partition coefficient (Wildman–Crippen LogP) is 2.65. The predicted molar refractivity (Wildman–Crippen MR) is 108 cm³/mol. The number of nitrogens with one attached hydrogen (secondary N) is 1. The lowest BCUT2D eigenvalue weighted by Crippen LogP contribution is -2.22. The maximum absolute atomic E-state index is 12.4. The van der Waals surface area contributed by atoms with Gasteiger partial charge >= 0.3 is 5.97 Å². The zero-order valence-electron chi connectivity index (χ0n) is 16.5. The van der Waals surface area contributed by atoms with E-state index in [1.807, 2.05) is 19.1 Å². The lowest BCUT2D eigenvalue weighted by atomic mass is 9.97. The Kier molecular flexibility index (Phi) is 7.35. The van der Waals surface area contributed by atoms with E-state index in [0.29, 0.717) is 5.69 Å². The number of hydrogen-bond donors (Lipinski definition) is 2. The number of ether oxygens (including phenoxy) is 2. The summed E-state index contributed by atoms with van der Waals surface area (Å²) in [5.41, 5.74) is 1.49. The molecule has 0 bridgehead atoms. The van der Waals surface area contributed by atoms with Gasteiger partial charge in [-0.05, 0) is 42.2 Å². The summed E-state index contributed by atoms with van der Waals surface area (Å²) in [4.78, 5) is 24.4. The van der Waals surface area contributed by atoms with Crippen LogP contribution in [0.4, 0.5) is 5.69 Å². The van der Waals surface area contributed by atoms with E-state index in [9.17, 15) is 18.0 Å². The second-order valence-electron chi connectivity index (χ2n) is 6.43. The van der Waals surface area contributed by atoms with Crippen molar-refractivity contribution in [1.82, 2.24) is 0 Å². The molecule has 2 aromatic carbocycles. The zero-order valence-corrected chi connectivity index (χ0v) is 17.3. The van der Waals surface area contributed by atoms with E-state index in [4.69, 9.17) is 14.6 Å². The number of carbonyl (C=O) groups is 2. The average molecular weight is 420 g/mol. The molecule has 0 aliphatic heterocycles. The molecule has 3 N–H and O–H groups in total. The standard InChI is InChI=1S/C20H24N2O6S/c1-4-13(2)15-7-5-6-8-17(15)22-19(23)12-28-20(24)16-11-14(29(21,25)26)9-10-18(16)27-3/h5-11,13H,4,12H2,1-3H3,(H,22,23)(H2,21,25,26)/t13-/m0/s1. The van der Waals surface area contributed by atoms with Crippen LogP contribution in [-0.4, -0.2) is 34.0 Å². The Hall–Kier alpha value is -2.91. The summed E-state index contributed by atoms with van der Waals surface area (Å²) < 4.78 is 33.1. The molecule has 0 saturated heterocycles. The molecule has 0 spiro atoms. The van der Waals surface area contributed by atoms with Crippen molar-refractivity contribution in [2.24, 2.45) is 5.14 Å². The number of nitrogens with two attached hydrogens (primary N) is 1. The minimum absolute atomic E-state index is 0.102. The van der Waals surface area contributed by atoms with Crippen molar-refractivity contribution in [3.05, 3.63) is 53.6 Å². The number of benzene rings is 2. The van der Waals surface area contributed by atoms with E-state index in [0.717, 1.165) is 18.1 Å². The van der Waals surface area contributed by atoms with Gasteiger partial charge in [-0.2, -0.15) is 0 Å². The molecule has 8 nitrogen and oxygen atoms in total. The molecule has 0 saturated carbocycles. The summed E-state index contributed by atoms with van der Waals surface area (Å²) in [5, 5.41) is 7.82. The van der Waals surface area contributed by atoms with E-state index in [1.54, 1.807) is 12.1 Å². The van der Waals surface area contributed by atoms with Gasteiger partial charge in [0.15, 0.2) is 6.61 Å². The van der Waals surface area contributed by atoms with Crippen LogP contribution in [0.15, 0.2) is 47.4 Å². The van der Waals surface area contributed by atoms with Crippen molar-refractivity contribution in [2.75, 3.05) is 19.0 Å². The molecule has 9 heteroatoms. The molecule has 29 heavy (non-hydrogen) atoms. The van der Waals surface area contributed by atoms with Gasteiger partial charge in [-0.3, -0.25) is 4.79 Å². The number of sulfonamides is 1. The normalized spacial score (nSPS) is 12.1. The van der Waals surface area contributed by atoms with Gasteiger partial charge in [0, 0.05) is 5.69 Å². The van der Waals surface area contributed by atoms with Crippen LogP contribution in [0.2, 0.25) is 0 Å². The van der Waals surface area contributed by atoms with Gasteiger partial charge in [-0.25, -0.2) is 18.4 Å². The van der Waals surface area contributed by atoms with Crippen LogP contribution in [0.3, 0.4) is 0 Å². The van der Waals surface area contributed by atoms with Crippen LogP contribution >= 0.6 is 0 Å². The molecule has 1 amide bonds. The third kappa shape index (κ3) is 5.78. The van der Waals surface area contributed by atoms with Crippen LogP contribution in [0, 0.1) is 0 Å². The van der Waals surface area contributed by atoms with Crippen molar-refractivity contribution in [3.63, 3.8) is 0 Å². The topological polar surface area (TPSA) is 125 Å². The van der Waals surface area contributed by atoms with Gasteiger partial charge < -0.3 is 14.8 Å². The largest absolute Gasteiger partial charge is 0.496 e. The fourth-order valence-electron chi connectivity index (χ4n) is 2.68. The molecule has 0 radical (unpaired) electrons. The first-order valence-corrected chi connectivity index (χ1v) is 10.5. The smallest absolute Gasteiger partial charge is 0.342 e. The molecule has 2 rings (SSSR count). The summed E-state index contributed by atoms with van der Waals surface area (Å²) >= 11 is 0. The fraction of sp³-hybridized carbons (Fsp3) is 0.300. The number of methoxy groups -OCH3 is 1. The van der Waals surface area contributed by atoms with Crippen LogP contribution in [-0.2, 0) is 19.6 Å². The maximum Gasteiger partial charge on any atom is 0.342 e. The number of para-hydroxylation sites is 1. The van der Waals surface area contributed by atoms with Gasteiger partial charge in [0.25, 0.3) is 5.91 Å². The lowest BCUT2D eigenvalue weighted by molar-refractivity contribution is -0.119. The van der Waals surface area contributed by atoms with Gasteiger partial charge in [0.1, 0.15) is 11.3 Å². The molecule has 1 atom stereocenters. The van der Waals surface area contributed by atoms with E-state index in [-0.39, 0.29) is 22.1 Å². The number of rotatable bonds is 8. The molecule has 0 aliphatic rings. The Morgan fingerprint density at radius 2 is 1.86 bits per heavy atom. The van der Waals surface area contributed by atoms with Crippen LogP contribution in [0.5, 0.6) is 5.75 Å². The number of hydrogen-bond acceptors (Lipinski definition) is 6. The maximum atomic E-state index is 12.4. The molecular formula is C20H24N2O6S. The number of anilines is 1. The first-order valence-electron chi connectivity index (χ1n) is 8.94. The third-order valence-electron chi connectivity index (χ3n) is 4.43. The van der Waals surface area contributed by atoms with Crippen molar-refractivity contribution in [1.29, 1.82) is 0 Å². The molecule has 156 valence electrons. The summed E-state index contributed by atoms with van der Waals surface area (Å²) in [7, 11) is -2.69. The van der Waals surface area contributed by atoms with Crippen LogP contribution < -0.4 is 15.2 Å². The molecule has 0 aliphatic carbocycles. The van der Waals surface area contributed by atoms with Crippen molar-refractivity contribution in [2.45, 2.75) is 31.1 Å². The minimum Gasteiger partial charge on any atom is -0.496 e. The summed E-state index contributed by atoms with van der Waals surface area (Å²) in [5.74, 6) is -1.07. The van der Waals surface area contributed by atoms with Crippen LogP contribution in [0.25, 0.3) is 0 Å². The second kappa shape index (κ2) is 9.53. The highest BCUT2D eigenvalue weighted by Crippen LogP contribution is 2.26. The van der Waals surface area contributed by atoms with Crippen molar-refractivity contribution in [3.8, 4) is 5.75 Å². The van der Waals surface area contributed by atoms with Gasteiger partial charge in [0.2, 0.25) is 10.0 Å². The van der Waals surface area contributed by atoms with Crippen LogP contribution in [0.1, 0.15) is 42.1 Å².